The van der Waals surface area contributed by atoms with Gasteiger partial charge >= 0.3 is 0 Å². The summed E-state index contributed by atoms with van der Waals surface area (Å²) in [6, 6.07) is 5.12. The van der Waals surface area contributed by atoms with Crippen molar-refractivity contribution in [1.82, 2.24) is 5.32 Å². The van der Waals surface area contributed by atoms with Gasteiger partial charge in [-0.1, -0.05) is 35.0 Å². The maximum atomic E-state index is 13.0. The van der Waals surface area contributed by atoms with Crippen LogP contribution in [0.2, 0.25) is 0 Å². The molecule has 1 aromatic rings. The molecular weight excluding hydrogens is 281 g/mol. The van der Waals surface area contributed by atoms with Crippen LogP contribution in [0.15, 0.2) is 35.3 Å². The fourth-order valence-corrected chi connectivity index (χ4v) is 2.38. The zero-order valence-electron chi connectivity index (χ0n) is 10.2. The van der Waals surface area contributed by atoms with Gasteiger partial charge in [-0.05, 0) is 43.5 Å². The zero-order chi connectivity index (χ0) is 12.7. The SMILES string of the molecule is C=CCCC(NCCC)c1ccc(F)cc1Br. The number of hydrogen-bond acceptors (Lipinski definition) is 1. The second-order valence-electron chi connectivity index (χ2n) is 4.04. The molecule has 0 amide bonds. The molecule has 1 atom stereocenters. The van der Waals surface area contributed by atoms with Gasteiger partial charge in [0, 0.05) is 10.5 Å². The lowest BCUT2D eigenvalue weighted by atomic mass is 10.0. The van der Waals surface area contributed by atoms with Gasteiger partial charge in [0.25, 0.3) is 0 Å². The molecule has 1 unspecified atom stereocenters. The molecule has 0 spiro atoms. The molecule has 0 radical (unpaired) electrons. The second-order valence-corrected chi connectivity index (χ2v) is 4.89. The van der Waals surface area contributed by atoms with Crippen molar-refractivity contribution >= 4 is 15.9 Å². The van der Waals surface area contributed by atoms with Crippen LogP contribution in [-0.4, -0.2) is 6.54 Å². The standard InChI is InChI=1S/C14H19BrFN/c1-3-5-6-14(17-9-4-2)12-8-7-11(16)10-13(12)15/h3,7-8,10,14,17H,1,4-6,9H2,2H3. The highest BCUT2D eigenvalue weighted by Gasteiger charge is 2.13. The maximum absolute atomic E-state index is 13.0. The monoisotopic (exact) mass is 299 g/mol. The molecule has 0 saturated carbocycles. The Hall–Kier alpha value is -0.670. The molecule has 0 heterocycles. The predicted molar refractivity (Wildman–Crippen MR) is 74.6 cm³/mol. The molecule has 1 rings (SSSR count). The molecule has 1 nitrogen and oxygen atoms in total. The molecule has 0 aliphatic heterocycles. The van der Waals surface area contributed by atoms with E-state index in [1.54, 1.807) is 0 Å². The van der Waals surface area contributed by atoms with Crippen LogP contribution >= 0.6 is 15.9 Å². The minimum absolute atomic E-state index is 0.210. The largest absolute Gasteiger partial charge is 0.310 e. The second kappa shape index (κ2) is 7.62. The van der Waals surface area contributed by atoms with Gasteiger partial charge in [-0.15, -0.1) is 6.58 Å². The predicted octanol–water partition coefficient (Wildman–Crippen LogP) is 4.60. The number of nitrogens with one attached hydrogen (secondary N) is 1. The highest BCUT2D eigenvalue weighted by atomic mass is 79.9. The van der Waals surface area contributed by atoms with Crippen molar-refractivity contribution in [3.8, 4) is 0 Å². The molecule has 0 bridgehead atoms. The Kier molecular flexibility index (Phi) is 6.45. The summed E-state index contributed by atoms with van der Waals surface area (Å²) < 4.78 is 13.9. The molecule has 1 N–H and O–H groups in total. The molecule has 0 fully saturated rings. The molecule has 1 aromatic carbocycles. The van der Waals surface area contributed by atoms with Crippen molar-refractivity contribution in [1.29, 1.82) is 0 Å². The van der Waals surface area contributed by atoms with Crippen LogP contribution in [0, 0.1) is 5.82 Å². The van der Waals surface area contributed by atoms with E-state index >= 15 is 0 Å². The van der Waals surface area contributed by atoms with E-state index < -0.39 is 0 Å². The first-order valence-electron chi connectivity index (χ1n) is 5.98. The maximum Gasteiger partial charge on any atom is 0.124 e. The number of halogens is 2. The Labute approximate surface area is 111 Å². The number of allylic oxidation sites excluding steroid dienone is 1. The van der Waals surface area contributed by atoms with E-state index in [4.69, 9.17) is 0 Å². The van der Waals surface area contributed by atoms with Crippen LogP contribution in [0.1, 0.15) is 37.8 Å². The minimum Gasteiger partial charge on any atom is -0.310 e. The summed E-state index contributed by atoms with van der Waals surface area (Å²) >= 11 is 3.43. The van der Waals surface area contributed by atoms with Gasteiger partial charge in [0.15, 0.2) is 0 Å². The van der Waals surface area contributed by atoms with Crippen molar-refractivity contribution in [2.24, 2.45) is 0 Å². The van der Waals surface area contributed by atoms with Crippen LogP contribution in [0.25, 0.3) is 0 Å². The molecular formula is C14H19BrFN. The van der Waals surface area contributed by atoms with E-state index in [-0.39, 0.29) is 11.9 Å². The molecule has 0 aliphatic carbocycles. The third-order valence-corrected chi connectivity index (χ3v) is 3.32. The zero-order valence-corrected chi connectivity index (χ0v) is 11.8. The first-order chi connectivity index (χ1) is 8.19. The van der Waals surface area contributed by atoms with Gasteiger partial charge in [-0.3, -0.25) is 0 Å². The number of benzene rings is 1. The van der Waals surface area contributed by atoms with Crippen LogP contribution < -0.4 is 5.32 Å². The van der Waals surface area contributed by atoms with E-state index in [0.717, 1.165) is 35.8 Å². The molecule has 3 heteroatoms. The molecule has 0 aliphatic rings. The van der Waals surface area contributed by atoms with E-state index in [9.17, 15) is 4.39 Å². The molecule has 17 heavy (non-hydrogen) atoms. The highest BCUT2D eigenvalue weighted by Crippen LogP contribution is 2.27. The average molecular weight is 300 g/mol. The fraction of sp³-hybridized carbons (Fsp3) is 0.429. The lowest BCUT2D eigenvalue weighted by Gasteiger charge is -2.19. The Morgan fingerprint density at radius 3 is 2.88 bits per heavy atom. The lowest BCUT2D eigenvalue weighted by Crippen LogP contribution is -2.22. The third kappa shape index (κ3) is 4.60. The van der Waals surface area contributed by atoms with Crippen molar-refractivity contribution in [2.45, 2.75) is 32.2 Å². The summed E-state index contributed by atoms with van der Waals surface area (Å²) in [6.07, 6.45) is 4.93. The third-order valence-electron chi connectivity index (χ3n) is 2.64. The Morgan fingerprint density at radius 1 is 1.53 bits per heavy atom. The molecule has 0 aromatic heterocycles. The fourth-order valence-electron chi connectivity index (χ4n) is 1.75. The summed E-state index contributed by atoms with van der Waals surface area (Å²) in [5.74, 6) is -0.210. The number of hydrogen-bond donors (Lipinski definition) is 1. The smallest absolute Gasteiger partial charge is 0.124 e. The van der Waals surface area contributed by atoms with E-state index in [1.807, 2.05) is 12.1 Å². The first-order valence-corrected chi connectivity index (χ1v) is 6.77. The van der Waals surface area contributed by atoms with Gasteiger partial charge in [0.05, 0.1) is 0 Å². The first kappa shape index (κ1) is 14.4. The van der Waals surface area contributed by atoms with Crippen LogP contribution in [-0.2, 0) is 0 Å². The molecule has 0 saturated heterocycles. The minimum atomic E-state index is -0.210. The Morgan fingerprint density at radius 2 is 2.29 bits per heavy atom. The van der Waals surface area contributed by atoms with Gasteiger partial charge in [-0.2, -0.15) is 0 Å². The van der Waals surface area contributed by atoms with E-state index in [2.05, 4.69) is 34.7 Å². The van der Waals surface area contributed by atoms with Gasteiger partial charge in [0.2, 0.25) is 0 Å². The van der Waals surface area contributed by atoms with Crippen molar-refractivity contribution in [3.63, 3.8) is 0 Å². The van der Waals surface area contributed by atoms with E-state index in [0.29, 0.717) is 0 Å². The summed E-state index contributed by atoms with van der Waals surface area (Å²) in [5, 5.41) is 3.48. The highest BCUT2D eigenvalue weighted by molar-refractivity contribution is 9.10. The quantitative estimate of drug-likeness (QED) is 0.726. The summed E-state index contributed by atoms with van der Waals surface area (Å²) in [4.78, 5) is 0. The summed E-state index contributed by atoms with van der Waals surface area (Å²) in [5.41, 5.74) is 1.11. The summed E-state index contributed by atoms with van der Waals surface area (Å²) in [7, 11) is 0. The normalized spacial score (nSPS) is 12.4. The van der Waals surface area contributed by atoms with Crippen LogP contribution in [0.4, 0.5) is 4.39 Å². The average Bonchev–Trinajstić information content (AvgIpc) is 2.30. The van der Waals surface area contributed by atoms with E-state index in [1.165, 1.54) is 12.1 Å². The van der Waals surface area contributed by atoms with Gasteiger partial charge < -0.3 is 5.32 Å². The van der Waals surface area contributed by atoms with Gasteiger partial charge in [0.1, 0.15) is 5.82 Å². The molecule has 94 valence electrons. The topological polar surface area (TPSA) is 12.0 Å². The lowest BCUT2D eigenvalue weighted by molar-refractivity contribution is 0.500. The van der Waals surface area contributed by atoms with Crippen LogP contribution in [0.3, 0.4) is 0 Å². The Balaban J connectivity index is 2.82. The van der Waals surface area contributed by atoms with Gasteiger partial charge in [-0.25, -0.2) is 4.39 Å². The van der Waals surface area contributed by atoms with Crippen LogP contribution in [0.5, 0.6) is 0 Å². The number of rotatable bonds is 7. The Bertz CT molecular complexity index is 365. The summed E-state index contributed by atoms with van der Waals surface area (Å²) in [6.45, 7) is 6.84. The van der Waals surface area contributed by atoms with Crippen molar-refractivity contribution in [2.75, 3.05) is 6.54 Å². The van der Waals surface area contributed by atoms with Crippen molar-refractivity contribution < 1.29 is 4.39 Å². The van der Waals surface area contributed by atoms with Crippen molar-refractivity contribution in [3.05, 3.63) is 46.7 Å².